The average molecular weight is 398 g/mol. The number of hydrogen-bond acceptors (Lipinski definition) is 5. The van der Waals surface area contributed by atoms with E-state index in [0.29, 0.717) is 0 Å². The largest absolute Gasteiger partial charge is 0.452 e. The first-order valence-electron chi connectivity index (χ1n) is 7.69. The Balaban J connectivity index is 1.88. The van der Waals surface area contributed by atoms with Crippen molar-refractivity contribution in [2.75, 3.05) is 11.9 Å². The van der Waals surface area contributed by atoms with Gasteiger partial charge in [0.15, 0.2) is 6.10 Å². The molecule has 0 bridgehead atoms. The maximum Gasteiger partial charge on any atom is 0.321 e. The average Bonchev–Trinajstić information content (AvgIpc) is 2.62. The second-order valence-corrected chi connectivity index (χ2v) is 7.15. The maximum atomic E-state index is 13.5. The first kappa shape index (κ1) is 20.5. The molecule has 0 unspecified atom stereocenters. The van der Waals surface area contributed by atoms with Gasteiger partial charge in [0.25, 0.3) is 5.91 Å². The highest BCUT2D eigenvalue weighted by molar-refractivity contribution is 7.89. The highest BCUT2D eigenvalue weighted by atomic mass is 32.2. The summed E-state index contributed by atoms with van der Waals surface area (Å²) < 4.78 is 57.1. The Morgan fingerprint density at radius 1 is 1.07 bits per heavy atom. The summed E-state index contributed by atoms with van der Waals surface area (Å²) in [5.41, 5.74) is -0.0811. The molecular formula is C17H16F2N2O5S. The van der Waals surface area contributed by atoms with Gasteiger partial charge in [-0.15, -0.1) is 0 Å². The molecule has 1 amide bonds. The highest BCUT2D eigenvalue weighted by Crippen LogP contribution is 2.13. The summed E-state index contributed by atoms with van der Waals surface area (Å²) >= 11 is 0. The second-order valence-electron chi connectivity index (χ2n) is 5.38. The number of ether oxygens (including phenoxy) is 1. The molecule has 0 saturated carbocycles. The summed E-state index contributed by atoms with van der Waals surface area (Å²) in [7, 11) is -4.05. The molecule has 1 atom stereocenters. The van der Waals surface area contributed by atoms with Crippen molar-refractivity contribution >= 4 is 27.6 Å². The molecule has 0 radical (unpaired) electrons. The van der Waals surface area contributed by atoms with Gasteiger partial charge in [-0.1, -0.05) is 12.1 Å². The topological polar surface area (TPSA) is 102 Å². The van der Waals surface area contributed by atoms with Crippen LogP contribution in [0.25, 0.3) is 0 Å². The predicted molar refractivity (Wildman–Crippen MR) is 92.2 cm³/mol. The molecule has 0 aliphatic rings. The van der Waals surface area contributed by atoms with Crippen molar-refractivity contribution in [3.63, 3.8) is 0 Å². The van der Waals surface area contributed by atoms with Crippen LogP contribution in [0.2, 0.25) is 0 Å². The van der Waals surface area contributed by atoms with Crippen LogP contribution in [0.4, 0.5) is 14.5 Å². The zero-order valence-corrected chi connectivity index (χ0v) is 14.9. The van der Waals surface area contributed by atoms with Crippen molar-refractivity contribution < 1.29 is 31.5 Å². The van der Waals surface area contributed by atoms with Crippen molar-refractivity contribution in [2.24, 2.45) is 0 Å². The summed E-state index contributed by atoms with van der Waals surface area (Å²) in [5, 5.41) is 2.25. The molecule has 27 heavy (non-hydrogen) atoms. The summed E-state index contributed by atoms with van der Waals surface area (Å²) in [6.07, 6.45) is -1.28. The minimum atomic E-state index is -4.05. The van der Waals surface area contributed by atoms with E-state index < -0.39 is 46.2 Å². The van der Waals surface area contributed by atoms with Gasteiger partial charge in [-0.05, 0) is 43.3 Å². The van der Waals surface area contributed by atoms with Gasteiger partial charge in [0.2, 0.25) is 10.0 Å². The molecule has 0 heterocycles. The van der Waals surface area contributed by atoms with Crippen LogP contribution >= 0.6 is 0 Å². The van der Waals surface area contributed by atoms with E-state index in [9.17, 15) is 26.8 Å². The molecule has 2 N–H and O–H groups in total. The monoisotopic (exact) mass is 398 g/mol. The van der Waals surface area contributed by atoms with Crippen LogP contribution in [-0.2, 0) is 24.3 Å². The number of nitrogens with one attached hydrogen (secondary N) is 2. The minimum absolute atomic E-state index is 0.0811. The Morgan fingerprint density at radius 3 is 2.33 bits per heavy atom. The number of esters is 1. The standard InChI is InChI=1S/C17H16F2N2O5S/c1-11(17(23)21-15-5-3-2-4-14(15)19)26-16(22)10-20-27(24,25)13-8-6-12(18)7-9-13/h2-9,11,20H,10H2,1H3,(H,21,23)/t11-/m1/s1. The Bertz CT molecular complexity index is 933. The molecule has 2 rings (SSSR count). The van der Waals surface area contributed by atoms with Crippen LogP contribution in [0.5, 0.6) is 0 Å². The quantitative estimate of drug-likeness (QED) is 0.693. The lowest BCUT2D eigenvalue weighted by atomic mass is 10.3. The van der Waals surface area contributed by atoms with Gasteiger partial charge in [0, 0.05) is 0 Å². The van der Waals surface area contributed by atoms with E-state index in [1.165, 1.54) is 25.1 Å². The minimum Gasteiger partial charge on any atom is -0.452 e. The molecule has 2 aromatic rings. The van der Waals surface area contributed by atoms with E-state index in [-0.39, 0.29) is 10.6 Å². The molecule has 0 aliphatic heterocycles. The fraction of sp³-hybridized carbons (Fsp3) is 0.176. The number of benzene rings is 2. The lowest BCUT2D eigenvalue weighted by molar-refractivity contribution is -0.151. The van der Waals surface area contributed by atoms with E-state index in [2.05, 4.69) is 5.32 Å². The summed E-state index contributed by atoms with van der Waals surface area (Å²) in [4.78, 5) is 23.4. The number of rotatable bonds is 7. The van der Waals surface area contributed by atoms with Crippen LogP contribution < -0.4 is 10.0 Å². The molecule has 0 aliphatic carbocycles. The lowest BCUT2D eigenvalue weighted by Gasteiger charge is -2.14. The number of sulfonamides is 1. The van der Waals surface area contributed by atoms with Gasteiger partial charge in [-0.25, -0.2) is 17.2 Å². The van der Waals surface area contributed by atoms with Crippen LogP contribution in [0.1, 0.15) is 6.92 Å². The molecular weight excluding hydrogens is 382 g/mol. The number of carbonyl (C=O) groups excluding carboxylic acids is 2. The van der Waals surface area contributed by atoms with Crippen molar-refractivity contribution in [1.82, 2.24) is 4.72 Å². The van der Waals surface area contributed by atoms with Gasteiger partial charge in [-0.3, -0.25) is 9.59 Å². The number of hydrogen-bond donors (Lipinski definition) is 2. The maximum absolute atomic E-state index is 13.5. The van der Waals surface area contributed by atoms with Crippen molar-refractivity contribution in [2.45, 2.75) is 17.9 Å². The van der Waals surface area contributed by atoms with Crippen molar-refractivity contribution in [3.8, 4) is 0 Å². The van der Waals surface area contributed by atoms with E-state index in [1.807, 2.05) is 4.72 Å². The SMILES string of the molecule is C[C@@H](OC(=O)CNS(=O)(=O)c1ccc(F)cc1)C(=O)Nc1ccccc1F. The van der Waals surface area contributed by atoms with Crippen molar-refractivity contribution in [1.29, 1.82) is 0 Å². The fourth-order valence-electron chi connectivity index (χ4n) is 1.94. The molecule has 10 heteroatoms. The van der Waals surface area contributed by atoms with Gasteiger partial charge in [0.05, 0.1) is 10.6 Å². The molecule has 0 saturated heterocycles. The van der Waals surface area contributed by atoms with Gasteiger partial charge in [-0.2, -0.15) is 4.72 Å². The Hall–Kier alpha value is -2.85. The van der Waals surface area contributed by atoms with Crippen LogP contribution in [-0.4, -0.2) is 32.9 Å². The summed E-state index contributed by atoms with van der Waals surface area (Å²) in [5.74, 6) is -3.06. The first-order valence-corrected chi connectivity index (χ1v) is 9.17. The number of halogens is 2. The van der Waals surface area contributed by atoms with E-state index in [1.54, 1.807) is 0 Å². The fourth-order valence-corrected chi connectivity index (χ4v) is 2.91. The molecule has 0 fully saturated rings. The smallest absolute Gasteiger partial charge is 0.321 e. The van der Waals surface area contributed by atoms with Crippen LogP contribution in [0, 0.1) is 11.6 Å². The molecule has 0 spiro atoms. The van der Waals surface area contributed by atoms with Gasteiger partial charge < -0.3 is 10.1 Å². The Labute approximate surface area is 154 Å². The Kier molecular flexibility index (Phi) is 6.59. The van der Waals surface area contributed by atoms with E-state index >= 15 is 0 Å². The summed E-state index contributed by atoms with van der Waals surface area (Å²) in [6.45, 7) is 0.513. The van der Waals surface area contributed by atoms with Crippen LogP contribution in [0.3, 0.4) is 0 Å². The third-order valence-electron chi connectivity index (χ3n) is 3.34. The lowest BCUT2D eigenvalue weighted by Crippen LogP contribution is -2.36. The third-order valence-corrected chi connectivity index (χ3v) is 4.76. The van der Waals surface area contributed by atoms with Crippen LogP contribution in [0.15, 0.2) is 53.4 Å². The zero-order valence-electron chi connectivity index (χ0n) is 14.1. The van der Waals surface area contributed by atoms with Gasteiger partial charge in [0.1, 0.15) is 18.2 Å². The number of anilines is 1. The van der Waals surface area contributed by atoms with Gasteiger partial charge >= 0.3 is 5.97 Å². The summed E-state index contributed by atoms with van der Waals surface area (Å²) in [6, 6.07) is 9.43. The van der Waals surface area contributed by atoms with E-state index in [4.69, 9.17) is 4.74 Å². The highest BCUT2D eigenvalue weighted by Gasteiger charge is 2.21. The molecule has 2 aromatic carbocycles. The molecule has 0 aromatic heterocycles. The first-order chi connectivity index (χ1) is 12.7. The normalized spacial score (nSPS) is 12.3. The molecule has 144 valence electrons. The number of carbonyl (C=O) groups is 2. The number of amides is 1. The third kappa shape index (κ3) is 5.83. The van der Waals surface area contributed by atoms with Crippen molar-refractivity contribution in [3.05, 3.63) is 60.2 Å². The Morgan fingerprint density at radius 2 is 1.70 bits per heavy atom. The second kappa shape index (κ2) is 8.69. The zero-order chi connectivity index (χ0) is 20.0. The number of para-hydroxylation sites is 1. The predicted octanol–water partition coefficient (Wildman–Crippen LogP) is 1.81. The molecule has 7 nitrogen and oxygen atoms in total. The van der Waals surface area contributed by atoms with E-state index in [0.717, 1.165) is 30.3 Å².